The molecule has 0 bridgehead atoms. The molecule has 0 saturated carbocycles. The molecule has 2 rings (SSSR count). The molecule has 7 nitrogen and oxygen atoms in total. The molecular weight excluding hydrogens is 374 g/mol. The van der Waals surface area contributed by atoms with Crippen LogP contribution in [0.3, 0.4) is 0 Å². The van der Waals surface area contributed by atoms with E-state index in [1.54, 1.807) is 13.0 Å². The second kappa shape index (κ2) is 8.48. The molecule has 1 aliphatic heterocycles. The summed E-state index contributed by atoms with van der Waals surface area (Å²) in [5, 5.41) is 0. The van der Waals surface area contributed by atoms with Gasteiger partial charge in [0.15, 0.2) is 0 Å². The Bertz CT molecular complexity index is 657. The largest absolute Gasteiger partial charge is 0.450 e. The zero-order valence-electron chi connectivity index (χ0n) is 13.8. The summed E-state index contributed by atoms with van der Waals surface area (Å²) in [5.41, 5.74) is 0. The van der Waals surface area contributed by atoms with Crippen LogP contribution in [0.5, 0.6) is 0 Å². The molecule has 1 aromatic rings. The Morgan fingerprint density at radius 1 is 1.29 bits per heavy atom. The number of piperazine rings is 1. The topological polar surface area (TPSA) is 70.2 Å². The third kappa shape index (κ3) is 4.60. The molecule has 0 spiro atoms. The van der Waals surface area contributed by atoms with Crippen molar-refractivity contribution < 1.29 is 17.9 Å². The van der Waals surface area contributed by atoms with E-state index < -0.39 is 16.3 Å². The Kier molecular flexibility index (Phi) is 6.88. The van der Waals surface area contributed by atoms with E-state index >= 15 is 0 Å². The molecule has 1 aliphatic rings. The molecule has 0 aromatic carbocycles. The van der Waals surface area contributed by atoms with Crippen LogP contribution in [-0.2, 0) is 21.5 Å². The van der Waals surface area contributed by atoms with E-state index in [0.717, 1.165) is 4.88 Å². The van der Waals surface area contributed by atoms with Crippen molar-refractivity contribution in [2.45, 2.75) is 20.4 Å². The predicted molar refractivity (Wildman–Crippen MR) is 94.5 cm³/mol. The van der Waals surface area contributed by atoms with Gasteiger partial charge >= 0.3 is 6.09 Å². The maximum Gasteiger partial charge on any atom is 0.409 e. The van der Waals surface area contributed by atoms with Gasteiger partial charge in [-0.1, -0.05) is 18.5 Å². The number of nitrogens with zero attached hydrogens (tertiary/aromatic N) is 3. The van der Waals surface area contributed by atoms with Crippen LogP contribution in [0.4, 0.5) is 4.79 Å². The molecule has 136 valence electrons. The first-order valence-corrected chi connectivity index (χ1v) is 10.4. The van der Waals surface area contributed by atoms with Crippen molar-refractivity contribution in [1.29, 1.82) is 0 Å². The summed E-state index contributed by atoms with van der Waals surface area (Å²) in [6.07, 6.45) is -0.393. The second-order valence-electron chi connectivity index (χ2n) is 5.22. The maximum absolute atomic E-state index is 12.8. The quantitative estimate of drug-likeness (QED) is 0.740. The van der Waals surface area contributed by atoms with E-state index in [1.807, 2.05) is 13.0 Å². The number of carbonyl (C=O) groups excluding carboxylic acids is 1. The van der Waals surface area contributed by atoms with Crippen LogP contribution < -0.4 is 0 Å². The molecule has 2 heterocycles. The molecule has 0 unspecified atom stereocenters. The van der Waals surface area contributed by atoms with Gasteiger partial charge in [0.25, 0.3) is 10.2 Å². The molecule has 10 heteroatoms. The first-order chi connectivity index (χ1) is 11.4. The van der Waals surface area contributed by atoms with E-state index in [0.29, 0.717) is 37.1 Å². The molecule has 0 atom stereocenters. The van der Waals surface area contributed by atoms with Crippen molar-refractivity contribution in [2.24, 2.45) is 0 Å². The Hall–Kier alpha value is -0.870. The van der Waals surface area contributed by atoms with Gasteiger partial charge in [0.05, 0.1) is 10.9 Å². The third-order valence-electron chi connectivity index (χ3n) is 3.73. The first-order valence-electron chi connectivity index (χ1n) is 7.79. The van der Waals surface area contributed by atoms with E-state index in [4.69, 9.17) is 16.3 Å². The summed E-state index contributed by atoms with van der Waals surface area (Å²) in [6, 6.07) is 3.60. The van der Waals surface area contributed by atoms with Crippen molar-refractivity contribution in [3.63, 3.8) is 0 Å². The molecule has 24 heavy (non-hydrogen) atoms. The van der Waals surface area contributed by atoms with E-state index in [9.17, 15) is 13.2 Å². The minimum absolute atomic E-state index is 0.267. The van der Waals surface area contributed by atoms with Gasteiger partial charge in [-0.15, -0.1) is 11.3 Å². The van der Waals surface area contributed by atoms with Gasteiger partial charge in [-0.3, -0.25) is 0 Å². The van der Waals surface area contributed by atoms with E-state index in [2.05, 4.69) is 0 Å². The van der Waals surface area contributed by atoms with E-state index in [1.165, 1.54) is 24.8 Å². The maximum atomic E-state index is 12.8. The number of amides is 1. The molecule has 1 saturated heterocycles. The Balaban J connectivity index is 2.00. The van der Waals surface area contributed by atoms with Crippen molar-refractivity contribution >= 4 is 39.2 Å². The first kappa shape index (κ1) is 19.5. The summed E-state index contributed by atoms with van der Waals surface area (Å²) in [4.78, 5) is 14.1. The number of rotatable bonds is 6. The highest BCUT2D eigenvalue weighted by atomic mass is 35.5. The summed E-state index contributed by atoms with van der Waals surface area (Å²) < 4.78 is 34.1. The molecule has 0 radical (unpaired) electrons. The lowest BCUT2D eigenvalue weighted by Crippen LogP contribution is -2.54. The van der Waals surface area contributed by atoms with Gasteiger partial charge in [-0.2, -0.15) is 17.0 Å². The molecule has 1 amide bonds. The highest BCUT2D eigenvalue weighted by molar-refractivity contribution is 7.86. The molecule has 1 aromatic heterocycles. The molecule has 1 fully saturated rings. The van der Waals surface area contributed by atoms with Crippen molar-refractivity contribution in [3.05, 3.63) is 21.3 Å². The van der Waals surface area contributed by atoms with Gasteiger partial charge in [-0.25, -0.2) is 4.79 Å². The number of halogens is 1. The fourth-order valence-corrected chi connectivity index (χ4v) is 5.21. The van der Waals surface area contributed by atoms with Crippen LogP contribution in [0.2, 0.25) is 4.34 Å². The van der Waals surface area contributed by atoms with Crippen LogP contribution in [0.1, 0.15) is 18.7 Å². The van der Waals surface area contributed by atoms with Crippen molar-refractivity contribution in [1.82, 2.24) is 13.5 Å². The average molecular weight is 396 g/mol. The number of hydrogen-bond acceptors (Lipinski definition) is 5. The Morgan fingerprint density at radius 2 is 1.96 bits per heavy atom. The highest BCUT2D eigenvalue weighted by Gasteiger charge is 2.33. The number of carbonyl (C=O) groups is 1. The summed E-state index contributed by atoms with van der Waals surface area (Å²) in [7, 11) is -3.57. The van der Waals surface area contributed by atoms with Crippen LogP contribution in [0.25, 0.3) is 0 Å². The summed E-state index contributed by atoms with van der Waals surface area (Å²) in [5.74, 6) is 0. The number of ether oxygens (including phenoxy) is 1. The number of thiophene rings is 1. The van der Waals surface area contributed by atoms with E-state index in [-0.39, 0.29) is 13.1 Å². The molecular formula is C14H22ClN3O4S2. The SMILES string of the molecule is CCOC(=O)N1CCN(S(=O)(=O)N(CC)Cc2ccc(Cl)s2)CC1. The smallest absolute Gasteiger partial charge is 0.409 e. The van der Waals surface area contributed by atoms with Crippen LogP contribution in [0, 0.1) is 0 Å². The highest BCUT2D eigenvalue weighted by Crippen LogP contribution is 2.24. The van der Waals surface area contributed by atoms with Gasteiger partial charge in [0.2, 0.25) is 0 Å². The second-order valence-corrected chi connectivity index (χ2v) is 8.95. The lowest BCUT2D eigenvalue weighted by molar-refractivity contribution is 0.0924. The van der Waals surface area contributed by atoms with Crippen LogP contribution in [-0.4, -0.2) is 67.4 Å². The third-order valence-corrected chi connectivity index (χ3v) is 7.00. The minimum atomic E-state index is -3.57. The number of hydrogen-bond donors (Lipinski definition) is 0. The molecule has 0 aliphatic carbocycles. The fourth-order valence-electron chi connectivity index (χ4n) is 2.45. The lowest BCUT2D eigenvalue weighted by Gasteiger charge is -2.35. The zero-order valence-corrected chi connectivity index (χ0v) is 16.2. The van der Waals surface area contributed by atoms with Crippen molar-refractivity contribution in [3.8, 4) is 0 Å². The minimum Gasteiger partial charge on any atom is -0.450 e. The van der Waals surface area contributed by atoms with Crippen LogP contribution >= 0.6 is 22.9 Å². The van der Waals surface area contributed by atoms with Gasteiger partial charge in [0, 0.05) is 44.1 Å². The predicted octanol–water partition coefficient (Wildman–Crippen LogP) is 2.24. The van der Waals surface area contributed by atoms with Crippen molar-refractivity contribution in [2.75, 3.05) is 39.3 Å². The standard InChI is InChI=1S/C14H22ClN3O4S2/c1-3-17(11-12-5-6-13(15)23-12)24(20,21)18-9-7-16(8-10-18)14(19)22-4-2/h5-6H,3-4,7-11H2,1-2H3. The monoisotopic (exact) mass is 395 g/mol. The molecule has 0 N–H and O–H groups in total. The normalized spacial score (nSPS) is 16.6. The fraction of sp³-hybridized carbons (Fsp3) is 0.643. The summed E-state index contributed by atoms with van der Waals surface area (Å²) >= 11 is 7.29. The Labute approximate surface area is 151 Å². The van der Waals surface area contributed by atoms with Gasteiger partial charge < -0.3 is 9.64 Å². The lowest BCUT2D eigenvalue weighted by atomic mass is 10.4. The van der Waals surface area contributed by atoms with Gasteiger partial charge in [0.1, 0.15) is 0 Å². The summed E-state index contributed by atoms with van der Waals surface area (Å²) in [6.45, 7) is 5.73. The Morgan fingerprint density at radius 3 is 2.46 bits per heavy atom. The van der Waals surface area contributed by atoms with Crippen LogP contribution in [0.15, 0.2) is 12.1 Å². The van der Waals surface area contributed by atoms with Gasteiger partial charge in [-0.05, 0) is 19.1 Å². The average Bonchev–Trinajstić information content (AvgIpc) is 2.98. The zero-order chi connectivity index (χ0) is 17.7.